The molecule has 2 aromatic carbocycles. The van der Waals surface area contributed by atoms with Gasteiger partial charge < -0.3 is 5.73 Å². The van der Waals surface area contributed by atoms with Crippen molar-refractivity contribution in [3.05, 3.63) is 69.2 Å². The molecule has 0 aromatic heterocycles. The number of nitrogens with two attached hydrogens (primary N) is 1. The van der Waals surface area contributed by atoms with Crippen molar-refractivity contribution in [1.82, 2.24) is 0 Å². The van der Waals surface area contributed by atoms with Gasteiger partial charge in [-0.3, -0.25) is 0 Å². The summed E-state index contributed by atoms with van der Waals surface area (Å²) in [6.07, 6.45) is 2.27. The van der Waals surface area contributed by atoms with Crippen LogP contribution < -0.4 is 5.73 Å². The molecule has 2 aromatic rings. The number of benzene rings is 2. The molecule has 0 heterocycles. The zero-order valence-corrected chi connectivity index (χ0v) is 13.1. The standard InChI is InChI=1S/C17H20BrN/c1-3-5-13-6-4-7-14(11-13)17(19)15-8-9-16(18)12(2)10-15/h4,6-11,17H,3,5,19H2,1-2H3. The first kappa shape index (κ1) is 14.3. The molecule has 0 saturated carbocycles. The van der Waals surface area contributed by atoms with E-state index in [1.165, 1.54) is 16.7 Å². The van der Waals surface area contributed by atoms with Gasteiger partial charge in [-0.25, -0.2) is 0 Å². The molecule has 2 heteroatoms. The van der Waals surface area contributed by atoms with E-state index >= 15 is 0 Å². The third-order valence-corrected chi connectivity index (χ3v) is 4.28. The average molecular weight is 318 g/mol. The van der Waals surface area contributed by atoms with Crippen molar-refractivity contribution in [2.24, 2.45) is 5.73 Å². The van der Waals surface area contributed by atoms with Crippen LogP contribution in [0.5, 0.6) is 0 Å². The number of hydrogen-bond acceptors (Lipinski definition) is 1. The fraction of sp³-hybridized carbons (Fsp3) is 0.294. The summed E-state index contributed by atoms with van der Waals surface area (Å²) >= 11 is 3.53. The maximum Gasteiger partial charge on any atom is 0.0551 e. The Morgan fingerprint density at radius 2 is 1.84 bits per heavy atom. The maximum atomic E-state index is 6.39. The van der Waals surface area contributed by atoms with Crippen LogP contribution in [0.3, 0.4) is 0 Å². The lowest BCUT2D eigenvalue weighted by Crippen LogP contribution is -2.12. The quantitative estimate of drug-likeness (QED) is 0.864. The van der Waals surface area contributed by atoms with E-state index in [2.05, 4.69) is 72.2 Å². The van der Waals surface area contributed by atoms with Gasteiger partial charge in [-0.2, -0.15) is 0 Å². The van der Waals surface area contributed by atoms with E-state index in [0.717, 1.165) is 22.9 Å². The number of halogens is 1. The molecular weight excluding hydrogens is 298 g/mol. The zero-order valence-electron chi connectivity index (χ0n) is 11.5. The number of aryl methyl sites for hydroxylation is 2. The Hall–Kier alpha value is -1.12. The minimum atomic E-state index is -0.0522. The van der Waals surface area contributed by atoms with E-state index in [9.17, 15) is 0 Å². The van der Waals surface area contributed by atoms with Gasteiger partial charge in [-0.1, -0.05) is 65.7 Å². The lowest BCUT2D eigenvalue weighted by atomic mass is 9.96. The van der Waals surface area contributed by atoms with E-state index in [1.54, 1.807) is 0 Å². The van der Waals surface area contributed by atoms with Gasteiger partial charge in [0, 0.05) is 4.47 Å². The first-order chi connectivity index (χ1) is 9.11. The molecule has 0 amide bonds. The Morgan fingerprint density at radius 3 is 2.53 bits per heavy atom. The van der Waals surface area contributed by atoms with Crippen molar-refractivity contribution in [2.45, 2.75) is 32.7 Å². The molecule has 0 spiro atoms. The van der Waals surface area contributed by atoms with Crippen molar-refractivity contribution >= 4 is 15.9 Å². The predicted molar refractivity (Wildman–Crippen MR) is 85.3 cm³/mol. The van der Waals surface area contributed by atoms with Crippen molar-refractivity contribution in [3.8, 4) is 0 Å². The molecule has 0 saturated heterocycles. The third kappa shape index (κ3) is 3.46. The van der Waals surface area contributed by atoms with E-state index in [0.29, 0.717) is 0 Å². The molecule has 2 N–H and O–H groups in total. The van der Waals surface area contributed by atoms with Crippen LogP contribution in [0.4, 0.5) is 0 Å². The second kappa shape index (κ2) is 6.36. The van der Waals surface area contributed by atoms with Crippen LogP contribution in [0.1, 0.15) is 41.6 Å². The van der Waals surface area contributed by atoms with Crippen molar-refractivity contribution in [3.63, 3.8) is 0 Å². The molecule has 1 unspecified atom stereocenters. The molecular formula is C17H20BrN. The van der Waals surface area contributed by atoms with Gasteiger partial charge in [0.2, 0.25) is 0 Å². The Bertz CT molecular complexity index is 563. The molecule has 0 fully saturated rings. The second-order valence-electron chi connectivity index (χ2n) is 4.98. The second-order valence-corrected chi connectivity index (χ2v) is 5.84. The molecule has 1 nitrogen and oxygen atoms in total. The van der Waals surface area contributed by atoms with Gasteiger partial charge in [-0.05, 0) is 41.7 Å². The molecule has 100 valence electrons. The summed E-state index contributed by atoms with van der Waals surface area (Å²) in [5, 5.41) is 0. The first-order valence-electron chi connectivity index (χ1n) is 6.72. The molecule has 2 rings (SSSR count). The lowest BCUT2D eigenvalue weighted by Gasteiger charge is -2.15. The fourth-order valence-corrected chi connectivity index (χ4v) is 2.53. The highest BCUT2D eigenvalue weighted by Gasteiger charge is 2.10. The fourth-order valence-electron chi connectivity index (χ4n) is 2.28. The summed E-state index contributed by atoms with van der Waals surface area (Å²) in [5.74, 6) is 0. The smallest absolute Gasteiger partial charge is 0.0551 e. The minimum absolute atomic E-state index is 0.0522. The van der Waals surface area contributed by atoms with Crippen molar-refractivity contribution in [1.29, 1.82) is 0 Å². The van der Waals surface area contributed by atoms with Gasteiger partial charge >= 0.3 is 0 Å². The summed E-state index contributed by atoms with van der Waals surface area (Å²) in [6.45, 7) is 4.29. The van der Waals surface area contributed by atoms with Crippen LogP contribution in [-0.2, 0) is 6.42 Å². The van der Waals surface area contributed by atoms with Crippen LogP contribution in [0.15, 0.2) is 46.9 Å². The Morgan fingerprint density at radius 1 is 1.11 bits per heavy atom. The van der Waals surface area contributed by atoms with Gasteiger partial charge in [0.25, 0.3) is 0 Å². The predicted octanol–water partition coefficient (Wildman–Crippen LogP) is 4.76. The van der Waals surface area contributed by atoms with E-state index in [-0.39, 0.29) is 6.04 Å². The highest BCUT2D eigenvalue weighted by molar-refractivity contribution is 9.10. The average Bonchev–Trinajstić information content (AvgIpc) is 2.42. The normalized spacial score (nSPS) is 12.4. The maximum absolute atomic E-state index is 6.39. The van der Waals surface area contributed by atoms with Gasteiger partial charge in [0.1, 0.15) is 0 Å². The van der Waals surface area contributed by atoms with Crippen LogP contribution >= 0.6 is 15.9 Å². The molecule has 1 atom stereocenters. The Kier molecular flexibility index (Phi) is 4.78. The monoisotopic (exact) mass is 317 g/mol. The van der Waals surface area contributed by atoms with Crippen LogP contribution in [0.25, 0.3) is 0 Å². The Labute approximate surface area is 124 Å². The number of hydrogen-bond donors (Lipinski definition) is 1. The van der Waals surface area contributed by atoms with Gasteiger partial charge in [-0.15, -0.1) is 0 Å². The van der Waals surface area contributed by atoms with Crippen molar-refractivity contribution in [2.75, 3.05) is 0 Å². The van der Waals surface area contributed by atoms with Crippen LogP contribution in [-0.4, -0.2) is 0 Å². The summed E-state index contributed by atoms with van der Waals surface area (Å²) in [4.78, 5) is 0. The topological polar surface area (TPSA) is 26.0 Å². The molecule has 19 heavy (non-hydrogen) atoms. The van der Waals surface area contributed by atoms with Gasteiger partial charge in [0.05, 0.1) is 6.04 Å². The largest absolute Gasteiger partial charge is 0.320 e. The van der Waals surface area contributed by atoms with Gasteiger partial charge in [0.15, 0.2) is 0 Å². The molecule has 0 radical (unpaired) electrons. The summed E-state index contributed by atoms with van der Waals surface area (Å²) in [7, 11) is 0. The zero-order chi connectivity index (χ0) is 13.8. The first-order valence-corrected chi connectivity index (χ1v) is 7.51. The highest BCUT2D eigenvalue weighted by atomic mass is 79.9. The molecule has 0 aliphatic rings. The van der Waals surface area contributed by atoms with E-state index in [4.69, 9.17) is 5.73 Å². The summed E-state index contributed by atoms with van der Waals surface area (Å²) in [5.41, 5.74) is 11.3. The molecule has 0 aliphatic carbocycles. The summed E-state index contributed by atoms with van der Waals surface area (Å²) < 4.78 is 1.13. The number of rotatable bonds is 4. The van der Waals surface area contributed by atoms with E-state index < -0.39 is 0 Å². The minimum Gasteiger partial charge on any atom is -0.320 e. The van der Waals surface area contributed by atoms with E-state index in [1.807, 2.05) is 0 Å². The Balaban J connectivity index is 2.29. The highest BCUT2D eigenvalue weighted by Crippen LogP contribution is 2.25. The third-order valence-electron chi connectivity index (χ3n) is 3.39. The molecule has 0 bridgehead atoms. The van der Waals surface area contributed by atoms with Crippen LogP contribution in [0.2, 0.25) is 0 Å². The lowest BCUT2D eigenvalue weighted by molar-refractivity contribution is 0.857. The van der Waals surface area contributed by atoms with Crippen LogP contribution in [0, 0.1) is 6.92 Å². The van der Waals surface area contributed by atoms with Crippen molar-refractivity contribution < 1.29 is 0 Å². The molecule has 0 aliphatic heterocycles. The SMILES string of the molecule is CCCc1cccc(C(N)c2ccc(Br)c(C)c2)c1. The summed E-state index contributed by atoms with van der Waals surface area (Å²) in [6, 6.07) is 14.9.